The van der Waals surface area contributed by atoms with Crippen LogP contribution in [-0.2, 0) is 18.3 Å². The number of hydrogen-bond donors (Lipinski definition) is 1. The molecule has 35 heavy (non-hydrogen) atoms. The quantitative estimate of drug-likeness (QED) is 0.327. The van der Waals surface area contributed by atoms with Crippen LogP contribution in [0.3, 0.4) is 0 Å². The van der Waals surface area contributed by atoms with Crippen molar-refractivity contribution in [3.63, 3.8) is 0 Å². The van der Waals surface area contributed by atoms with E-state index in [4.69, 9.17) is 4.74 Å². The van der Waals surface area contributed by atoms with Crippen LogP contribution in [0.15, 0.2) is 78.0 Å². The van der Waals surface area contributed by atoms with Crippen molar-refractivity contribution in [2.24, 2.45) is 7.05 Å². The molecule has 1 amide bonds. The molecule has 1 heterocycles. The van der Waals surface area contributed by atoms with E-state index in [9.17, 15) is 9.18 Å². The van der Waals surface area contributed by atoms with E-state index in [1.807, 2.05) is 66.2 Å². The topological polar surface area (TPSA) is 69.0 Å². The molecule has 3 aromatic carbocycles. The average Bonchev–Trinajstić information content (AvgIpc) is 3.26. The van der Waals surface area contributed by atoms with Crippen LogP contribution >= 0.6 is 11.8 Å². The molecule has 0 fully saturated rings. The molecule has 0 radical (unpaired) electrons. The van der Waals surface area contributed by atoms with Gasteiger partial charge in [0, 0.05) is 12.6 Å². The van der Waals surface area contributed by atoms with Crippen LogP contribution < -0.4 is 10.1 Å². The summed E-state index contributed by atoms with van der Waals surface area (Å²) in [6.07, 6.45) is 0.920. The smallest absolute Gasteiger partial charge is 0.231 e. The van der Waals surface area contributed by atoms with E-state index in [-0.39, 0.29) is 17.5 Å². The fourth-order valence-corrected chi connectivity index (χ4v) is 4.50. The lowest BCUT2D eigenvalue weighted by Gasteiger charge is -2.20. The molecule has 0 saturated heterocycles. The van der Waals surface area contributed by atoms with Crippen molar-refractivity contribution < 1.29 is 13.9 Å². The molecule has 4 rings (SSSR count). The summed E-state index contributed by atoms with van der Waals surface area (Å²) >= 11 is 1.29. The van der Waals surface area contributed by atoms with Crippen molar-refractivity contribution in [1.29, 1.82) is 0 Å². The molecular weight excluding hydrogens is 463 g/mol. The molecule has 0 saturated carbocycles. The summed E-state index contributed by atoms with van der Waals surface area (Å²) in [6.45, 7) is 2.09. The van der Waals surface area contributed by atoms with Gasteiger partial charge in [0.25, 0.3) is 0 Å². The predicted molar refractivity (Wildman–Crippen MR) is 136 cm³/mol. The van der Waals surface area contributed by atoms with Crippen molar-refractivity contribution in [2.45, 2.75) is 24.5 Å². The second-order valence-electron chi connectivity index (χ2n) is 8.04. The third kappa shape index (κ3) is 5.89. The third-order valence-corrected chi connectivity index (χ3v) is 6.72. The number of methoxy groups -OCH3 is 1. The highest BCUT2D eigenvalue weighted by Gasteiger charge is 2.19. The van der Waals surface area contributed by atoms with Gasteiger partial charge >= 0.3 is 0 Å². The van der Waals surface area contributed by atoms with Gasteiger partial charge in [-0.05, 0) is 47.4 Å². The summed E-state index contributed by atoms with van der Waals surface area (Å²) < 4.78 is 21.1. The number of halogens is 1. The number of nitrogens with zero attached hydrogens (tertiary/aromatic N) is 3. The number of benzene rings is 3. The van der Waals surface area contributed by atoms with Crippen LogP contribution in [0.2, 0.25) is 0 Å². The molecule has 0 aliphatic rings. The summed E-state index contributed by atoms with van der Waals surface area (Å²) in [5.74, 6) is 1.03. The molecular formula is C27H27FN4O2S. The van der Waals surface area contributed by atoms with Crippen molar-refractivity contribution in [3.05, 3.63) is 95.3 Å². The molecule has 0 aliphatic heterocycles. The standard InChI is InChI=1S/C27H27FN4O2S/c1-4-18-11-13-19(14-12-18)25(20-7-5-9-22(28)15-20)29-24(33)17-35-27-31-30-26(32(27)2)21-8-6-10-23(16-21)34-3/h5-16,25H,4,17H2,1-3H3,(H,29,33). The molecule has 0 aliphatic carbocycles. The minimum absolute atomic E-state index is 0.142. The van der Waals surface area contributed by atoms with Crippen molar-refractivity contribution >= 4 is 17.7 Å². The normalized spacial score (nSPS) is 11.8. The van der Waals surface area contributed by atoms with Gasteiger partial charge in [-0.15, -0.1) is 10.2 Å². The Hall–Kier alpha value is -3.65. The summed E-state index contributed by atoms with van der Waals surface area (Å²) in [5.41, 5.74) is 3.65. The Morgan fingerprint density at radius 1 is 1.06 bits per heavy atom. The second kappa shape index (κ2) is 11.2. The fraction of sp³-hybridized carbons (Fsp3) is 0.222. The monoisotopic (exact) mass is 490 g/mol. The summed E-state index contributed by atoms with van der Waals surface area (Å²) in [6, 6.07) is 21.4. The number of aromatic nitrogens is 3. The molecule has 1 aromatic heterocycles. The Morgan fingerprint density at radius 3 is 2.54 bits per heavy atom. The molecule has 4 aromatic rings. The lowest BCUT2D eigenvalue weighted by atomic mass is 9.97. The minimum atomic E-state index is -0.462. The van der Waals surface area contributed by atoms with Gasteiger partial charge in [0.2, 0.25) is 5.91 Å². The largest absolute Gasteiger partial charge is 0.497 e. The molecule has 180 valence electrons. The first-order chi connectivity index (χ1) is 17.0. The zero-order chi connectivity index (χ0) is 24.8. The van der Waals surface area contributed by atoms with Crippen LogP contribution in [-0.4, -0.2) is 33.5 Å². The number of ether oxygens (including phenoxy) is 1. The first-order valence-corrected chi connectivity index (χ1v) is 12.3. The highest BCUT2D eigenvalue weighted by Crippen LogP contribution is 2.27. The van der Waals surface area contributed by atoms with Gasteiger partial charge in [0.15, 0.2) is 11.0 Å². The van der Waals surface area contributed by atoms with E-state index in [1.165, 1.54) is 29.5 Å². The Morgan fingerprint density at radius 2 is 1.83 bits per heavy atom. The number of hydrogen-bond acceptors (Lipinski definition) is 5. The highest BCUT2D eigenvalue weighted by atomic mass is 32.2. The number of carbonyl (C=O) groups excluding carboxylic acids is 1. The summed E-state index contributed by atoms with van der Waals surface area (Å²) in [7, 11) is 3.48. The average molecular weight is 491 g/mol. The van der Waals surface area contributed by atoms with Gasteiger partial charge in [-0.3, -0.25) is 4.79 Å². The number of amides is 1. The van der Waals surface area contributed by atoms with Gasteiger partial charge in [0.1, 0.15) is 11.6 Å². The second-order valence-corrected chi connectivity index (χ2v) is 8.98. The fourth-order valence-electron chi connectivity index (χ4n) is 3.78. The maximum Gasteiger partial charge on any atom is 0.231 e. The van der Waals surface area contributed by atoms with Crippen LogP contribution in [0.1, 0.15) is 29.7 Å². The first-order valence-electron chi connectivity index (χ1n) is 11.3. The van der Waals surface area contributed by atoms with E-state index in [2.05, 4.69) is 22.4 Å². The lowest BCUT2D eigenvalue weighted by molar-refractivity contribution is -0.119. The Bertz CT molecular complexity index is 1310. The van der Waals surface area contributed by atoms with Crippen LogP contribution in [0.5, 0.6) is 5.75 Å². The highest BCUT2D eigenvalue weighted by molar-refractivity contribution is 7.99. The predicted octanol–water partition coefficient (Wildman–Crippen LogP) is 5.19. The zero-order valence-electron chi connectivity index (χ0n) is 19.9. The minimum Gasteiger partial charge on any atom is -0.497 e. The molecule has 1 N–H and O–H groups in total. The van der Waals surface area contributed by atoms with Crippen LogP contribution in [0.4, 0.5) is 4.39 Å². The lowest BCUT2D eigenvalue weighted by Crippen LogP contribution is -2.30. The number of nitrogens with one attached hydrogen (secondary N) is 1. The molecule has 1 atom stereocenters. The molecule has 6 nitrogen and oxygen atoms in total. The molecule has 1 unspecified atom stereocenters. The van der Waals surface area contributed by atoms with E-state index in [0.717, 1.165) is 23.3 Å². The number of thioether (sulfide) groups is 1. The Labute approximate surface area is 208 Å². The van der Waals surface area contributed by atoms with Gasteiger partial charge < -0.3 is 14.6 Å². The molecule has 0 spiro atoms. The Kier molecular flexibility index (Phi) is 7.82. The molecule has 8 heteroatoms. The summed E-state index contributed by atoms with van der Waals surface area (Å²) in [5, 5.41) is 12.2. The SMILES string of the molecule is CCc1ccc(C(NC(=O)CSc2nnc(-c3cccc(OC)c3)n2C)c2cccc(F)c2)cc1. The van der Waals surface area contributed by atoms with Gasteiger partial charge in [0.05, 0.1) is 18.9 Å². The van der Waals surface area contributed by atoms with Gasteiger partial charge in [-0.1, -0.05) is 67.2 Å². The van der Waals surface area contributed by atoms with Crippen LogP contribution in [0, 0.1) is 5.82 Å². The van der Waals surface area contributed by atoms with E-state index in [0.29, 0.717) is 16.5 Å². The number of aryl methyl sites for hydroxylation is 1. The van der Waals surface area contributed by atoms with Crippen molar-refractivity contribution in [3.8, 4) is 17.1 Å². The number of rotatable bonds is 9. The van der Waals surface area contributed by atoms with E-state index >= 15 is 0 Å². The number of carbonyl (C=O) groups is 1. The third-order valence-electron chi connectivity index (χ3n) is 5.70. The van der Waals surface area contributed by atoms with Crippen molar-refractivity contribution in [1.82, 2.24) is 20.1 Å². The zero-order valence-corrected chi connectivity index (χ0v) is 20.7. The maximum absolute atomic E-state index is 14.0. The Balaban J connectivity index is 1.49. The maximum atomic E-state index is 14.0. The van der Waals surface area contributed by atoms with Gasteiger partial charge in [-0.25, -0.2) is 4.39 Å². The van der Waals surface area contributed by atoms with E-state index < -0.39 is 6.04 Å². The van der Waals surface area contributed by atoms with Crippen molar-refractivity contribution in [2.75, 3.05) is 12.9 Å². The first kappa shape index (κ1) is 24.5. The van der Waals surface area contributed by atoms with Gasteiger partial charge in [-0.2, -0.15) is 0 Å². The van der Waals surface area contributed by atoms with Crippen LogP contribution in [0.25, 0.3) is 11.4 Å². The summed E-state index contributed by atoms with van der Waals surface area (Å²) in [4.78, 5) is 13.0. The molecule has 0 bridgehead atoms. The van der Waals surface area contributed by atoms with E-state index in [1.54, 1.807) is 13.2 Å².